The molecule has 0 saturated carbocycles. The SMILES string of the molecule is Brc1csc(NCCSc2ccccc2)n1. The second kappa shape index (κ2) is 6.27. The van der Waals surface area contributed by atoms with Gasteiger partial charge in [0.05, 0.1) is 0 Å². The first kappa shape index (κ1) is 12.0. The van der Waals surface area contributed by atoms with Crippen molar-refractivity contribution in [3.63, 3.8) is 0 Å². The van der Waals surface area contributed by atoms with Gasteiger partial charge in [-0.25, -0.2) is 4.98 Å². The third-order valence-electron chi connectivity index (χ3n) is 1.87. The molecule has 16 heavy (non-hydrogen) atoms. The topological polar surface area (TPSA) is 24.9 Å². The van der Waals surface area contributed by atoms with Crippen molar-refractivity contribution < 1.29 is 0 Å². The number of hydrogen-bond donors (Lipinski definition) is 1. The van der Waals surface area contributed by atoms with Crippen molar-refractivity contribution in [1.29, 1.82) is 0 Å². The Hall–Kier alpha value is -0.520. The lowest BCUT2D eigenvalue weighted by Gasteiger charge is -2.02. The Balaban J connectivity index is 1.69. The standard InChI is InChI=1S/C11H11BrN2S2/c12-10-8-16-11(14-10)13-6-7-15-9-4-2-1-3-5-9/h1-5,8H,6-7H2,(H,13,14). The van der Waals surface area contributed by atoms with E-state index >= 15 is 0 Å². The van der Waals surface area contributed by atoms with Gasteiger partial charge < -0.3 is 5.32 Å². The summed E-state index contributed by atoms with van der Waals surface area (Å²) in [5.74, 6) is 1.04. The minimum absolute atomic E-state index is 0.899. The van der Waals surface area contributed by atoms with Gasteiger partial charge in [-0.05, 0) is 28.1 Å². The molecule has 0 atom stereocenters. The maximum atomic E-state index is 4.27. The van der Waals surface area contributed by atoms with Gasteiger partial charge in [0.1, 0.15) is 4.60 Å². The van der Waals surface area contributed by atoms with Crippen LogP contribution in [-0.2, 0) is 0 Å². The van der Waals surface area contributed by atoms with E-state index in [9.17, 15) is 0 Å². The molecule has 0 radical (unpaired) electrons. The van der Waals surface area contributed by atoms with Crippen LogP contribution in [0.2, 0.25) is 0 Å². The fourth-order valence-electron chi connectivity index (χ4n) is 1.18. The van der Waals surface area contributed by atoms with Crippen LogP contribution in [0, 0.1) is 0 Å². The first-order valence-electron chi connectivity index (χ1n) is 4.87. The summed E-state index contributed by atoms with van der Waals surface area (Å²) < 4.78 is 0.899. The first-order valence-corrected chi connectivity index (χ1v) is 7.53. The first-order chi connectivity index (χ1) is 7.84. The van der Waals surface area contributed by atoms with Gasteiger partial charge in [0.15, 0.2) is 5.13 Å². The second-order valence-corrected chi connectivity index (χ2v) is 5.90. The molecule has 2 rings (SSSR count). The Morgan fingerprint density at radius 1 is 1.31 bits per heavy atom. The smallest absolute Gasteiger partial charge is 0.183 e. The Morgan fingerprint density at radius 3 is 2.81 bits per heavy atom. The summed E-state index contributed by atoms with van der Waals surface area (Å²) in [7, 11) is 0. The predicted molar refractivity (Wildman–Crippen MR) is 75.5 cm³/mol. The van der Waals surface area contributed by atoms with Crippen molar-refractivity contribution >= 4 is 44.2 Å². The zero-order valence-electron chi connectivity index (χ0n) is 8.52. The highest BCUT2D eigenvalue weighted by atomic mass is 79.9. The molecule has 1 N–H and O–H groups in total. The number of anilines is 1. The van der Waals surface area contributed by atoms with Gasteiger partial charge in [-0.15, -0.1) is 23.1 Å². The van der Waals surface area contributed by atoms with Crippen LogP contribution in [-0.4, -0.2) is 17.3 Å². The van der Waals surface area contributed by atoms with Crippen LogP contribution < -0.4 is 5.32 Å². The number of nitrogens with one attached hydrogen (secondary N) is 1. The van der Waals surface area contributed by atoms with E-state index < -0.39 is 0 Å². The summed E-state index contributed by atoms with van der Waals surface area (Å²) in [6, 6.07) is 10.4. The van der Waals surface area contributed by atoms with Gasteiger partial charge in [-0.1, -0.05) is 18.2 Å². The van der Waals surface area contributed by atoms with Gasteiger partial charge in [-0.2, -0.15) is 0 Å². The summed E-state index contributed by atoms with van der Waals surface area (Å²) in [6.45, 7) is 0.930. The van der Waals surface area contributed by atoms with Crippen molar-refractivity contribution in [1.82, 2.24) is 4.98 Å². The Kier molecular flexibility index (Phi) is 4.69. The zero-order valence-corrected chi connectivity index (χ0v) is 11.7. The highest BCUT2D eigenvalue weighted by molar-refractivity contribution is 9.10. The van der Waals surface area contributed by atoms with Crippen LogP contribution >= 0.6 is 39.0 Å². The molecule has 0 bridgehead atoms. The quantitative estimate of drug-likeness (QED) is 0.664. The Morgan fingerprint density at radius 2 is 2.12 bits per heavy atom. The van der Waals surface area contributed by atoms with E-state index in [4.69, 9.17) is 0 Å². The second-order valence-electron chi connectivity index (χ2n) is 3.06. The van der Waals surface area contributed by atoms with Gasteiger partial charge in [0, 0.05) is 22.6 Å². The fourth-order valence-corrected chi connectivity index (χ4v) is 3.14. The monoisotopic (exact) mass is 314 g/mol. The minimum Gasteiger partial charge on any atom is -0.361 e. The Labute approximate surface area is 112 Å². The molecule has 1 heterocycles. The van der Waals surface area contributed by atoms with Crippen molar-refractivity contribution in [3.05, 3.63) is 40.3 Å². The molecule has 0 saturated heterocycles. The van der Waals surface area contributed by atoms with Crippen molar-refractivity contribution in [2.75, 3.05) is 17.6 Å². The van der Waals surface area contributed by atoms with Crippen LogP contribution in [0.3, 0.4) is 0 Å². The predicted octanol–water partition coefficient (Wildman–Crippen LogP) is 4.11. The lowest BCUT2D eigenvalue weighted by atomic mass is 10.4. The average Bonchev–Trinajstić information content (AvgIpc) is 2.72. The van der Waals surface area contributed by atoms with E-state index in [-0.39, 0.29) is 0 Å². The molecule has 0 fully saturated rings. The number of thioether (sulfide) groups is 1. The van der Waals surface area contributed by atoms with Gasteiger partial charge in [-0.3, -0.25) is 0 Å². The maximum absolute atomic E-state index is 4.27. The number of hydrogen-bond acceptors (Lipinski definition) is 4. The van der Waals surface area contributed by atoms with Crippen LogP contribution in [0.5, 0.6) is 0 Å². The van der Waals surface area contributed by atoms with Gasteiger partial charge in [0.2, 0.25) is 0 Å². The molecule has 84 valence electrons. The van der Waals surface area contributed by atoms with Crippen LogP contribution in [0.1, 0.15) is 0 Å². The van der Waals surface area contributed by atoms with Gasteiger partial charge in [0.25, 0.3) is 0 Å². The molecule has 2 nitrogen and oxygen atoms in total. The molecular weight excluding hydrogens is 304 g/mol. The van der Waals surface area contributed by atoms with E-state index in [2.05, 4.69) is 50.5 Å². The lowest BCUT2D eigenvalue weighted by Crippen LogP contribution is -2.03. The number of nitrogens with zero attached hydrogens (tertiary/aromatic N) is 1. The fraction of sp³-hybridized carbons (Fsp3) is 0.182. The molecule has 0 spiro atoms. The molecule has 1 aromatic carbocycles. The number of halogens is 1. The number of rotatable bonds is 5. The number of benzene rings is 1. The summed E-state index contributed by atoms with van der Waals surface area (Å²) in [6.07, 6.45) is 0. The van der Waals surface area contributed by atoms with E-state index in [1.165, 1.54) is 4.90 Å². The van der Waals surface area contributed by atoms with E-state index in [1.54, 1.807) is 11.3 Å². The zero-order chi connectivity index (χ0) is 11.2. The molecular formula is C11H11BrN2S2. The normalized spacial score (nSPS) is 10.3. The molecule has 0 unspecified atom stereocenters. The highest BCUT2D eigenvalue weighted by Crippen LogP contribution is 2.20. The van der Waals surface area contributed by atoms with Crippen molar-refractivity contribution in [2.45, 2.75) is 4.90 Å². The van der Waals surface area contributed by atoms with Crippen LogP contribution in [0.25, 0.3) is 0 Å². The summed E-state index contributed by atoms with van der Waals surface area (Å²) >= 11 is 6.80. The minimum atomic E-state index is 0.899. The van der Waals surface area contributed by atoms with E-state index in [1.807, 2.05) is 23.2 Å². The van der Waals surface area contributed by atoms with Crippen LogP contribution in [0.4, 0.5) is 5.13 Å². The summed E-state index contributed by atoms with van der Waals surface area (Å²) in [5, 5.41) is 6.24. The van der Waals surface area contributed by atoms with Crippen molar-refractivity contribution in [3.8, 4) is 0 Å². The number of aromatic nitrogens is 1. The largest absolute Gasteiger partial charge is 0.361 e. The molecule has 0 aliphatic carbocycles. The summed E-state index contributed by atoms with van der Waals surface area (Å²) in [4.78, 5) is 5.58. The molecule has 2 aromatic rings. The molecule has 0 amide bonds. The third kappa shape index (κ3) is 3.81. The molecule has 0 aliphatic heterocycles. The third-order valence-corrected chi connectivity index (χ3v) is 4.39. The highest BCUT2D eigenvalue weighted by Gasteiger charge is 1.98. The molecule has 0 aliphatic rings. The van der Waals surface area contributed by atoms with Gasteiger partial charge >= 0.3 is 0 Å². The van der Waals surface area contributed by atoms with Crippen LogP contribution in [0.15, 0.2) is 45.2 Å². The number of thiazole rings is 1. The Bertz CT molecular complexity index is 431. The molecule has 1 aromatic heterocycles. The summed E-state index contributed by atoms with van der Waals surface area (Å²) in [5.41, 5.74) is 0. The van der Waals surface area contributed by atoms with E-state index in [0.717, 1.165) is 22.0 Å². The lowest BCUT2D eigenvalue weighted by molar-refractivity contribution is 1.19. The average molecular weight is 315 g/mol. The molecule has 5 heteroatoms. The maximum Gasteiger partial charge on any atom is 0.183 e. The van der Waals surface area contributed by atoms with Crippen molar-refractivity contribution in [2.24, 2.45) is 0 Å². The van der Waals surface area contributed by atoms with E-state index in [0.29, 0.717) is 0 Å².